The first-order valence-electron chi connectivity index (χ1n) is 8.38. The lowest BCUT2D eigenvalue weighted by molar-refractivity contribution is -0.142. The van der Waals surface area contributed by atoms with E-state index in [0.717, 1.165) is 0 Å². The van der Waals surface area contributed by atoms with E-state index in [9.17, 15) is 9.59 Å². The average molecular weight is 380 g/mol. The number of hydrogen-bond donors (Lipinski definition) is 0. The molecule has 0 bridgehead atoms. The summed E-state index contributed by atoms with van der Waals surface area (Å²) in [6, 6.07) is 15.8. The summed E-state index contributed by atoms with van der Waals surface area (Å²) in [5, 5.41) is 8.94. The van der Waals surface area contributed by atoms with Crippen LogP contribution in [0.3, 0.4) is 0 Å². The molecule has 7 heteroatoms. The van der Waals surface area contributed by atoms with E-state index in [1.54, 1.807) is 55.6 Å². The first kappa shape index (κ1) is 20.5. The van der Waals surface area contributed by atoms with Gasteiger partial charge in [0.25, 0.3) is 5.91 Å². The van der Waals surface area contributed by atoms with E-state index in [-0.39, 0.29) is 6.54 Å². The molecule has 0 fully saturated rings. The van der Waals surface area contributed by atoms with Gasteiger partial charge in [0.1, 0.15) is 18.0 Å². The molecule has 0 aromatic heterocycles. The van der Waals surface area contributed by atoms with Crippen LogP contribution in [0.1, 0.15) is 5.56 Å². The maximum absolute atomic E-state index is 12.3. The van der Waals surface area contributed by atoms with Crippen LogP contribution in [0.15, 0.2) is 54.6 Å². The molecule has 0 aliphatic heterocycles. The Kier molecular flexibility index (Phi) is 7.61. The molecule has 0 unspecified atom stereocenters. The summed E-state index contributed by atoms with van der Waals surface area (Å²) in [4.78, 5) is 25.5. The fourth-order valence-corrected chi connectivity index (χ4v) is 2.37. The third-order valence-corrected chi connectivity index (χ3v) is 3.78. The number of rotatable bonds is 8. The number of carbonyl (C=O) groups excluding carboxylic acids is 2. The Labute approximate surface area is 163 Å². The number of carbonyl (C=O) groups is 2. The number of anilines is 1. The van der Waals surface area contributed by atoms with Gasteiger partial charge in [-0.05, 0) is 30.3 Å². The van der Waals surface area contributed by atoms with Crippen LogP contribution in [0.2, 0.25) is 0 Å². The Bertz CT molecular complexity index is 887. The van der Waals surface area contributed by atoms with Crippen LogP contribution in [0.5, 0.6) is 11.5 Å². The Hall–Kier alpha value is -3.79. The van der Waals surface area contributed by atoms with Crippen molar-refractivity contribution >= 4 is 23.6 Å². The van der Waals surface area contributed by atoms with E-state index in [4.69, 9.17) is 19.5 Å². The number of esters is 1. The van der Waals surface area contributed by atoms with Crippen LogP contribution in [-0.4, -0.2) is 39.2 Å². The van der Waals surface area contributed by atoms with Crippen molar-refractivity contribution in [1.29, 1.82) is 5.26 Å². The van der Waals surface area contributed by atoms with Crippen molar-refractivity contribution in [3.05, 3.63) is 60.2 Å². The second-order valence-corrected chi connectivity index (χ2v) is 5.52. The summed E-state index contributed by atoms with van der Waals surface area (Å²) in [6.45, 7) is -0.612. The van der Waals surface area contributed by atoms with Gasteiger partial charge in [0.2, 0.25) is 0 Å². The van der Waals surface area contributed by atoms with Crippen molar-refractivity contribution < 1.29 is 23.8 Å². The van der Waals surface area contributed by atoms with Crippen LogP contribution in [0.4, 0.5) is 5.69 Å². The molecule has 2 aromatic carbocycles. The molecule has 2 aromatic rings. The molecule has 2 rings (SSSR count). The van der Waals surface area contributed by atoms with Crippen molar-refractivity contribution in [2.75, 3.05) is 32.3 Å². The fraction of sp³-hybridized carbons (Fsp3) is 0.190. The SMILES string of the molecule is COc1ccc(/C=C/C(=O)OCC(=O)N(CC#N)c2ccccc2)c(OC)c1. The van der Waals surface area contributed by atoms with Crippen molar-refractivity contribution in [3.8, 4) is 17.6 Å². The second kappa shape index (κ2) is 10.4. The van der Waals surface area contributed by atoms with E-state index in [0.29, 0.717) is 22.7 Å². The summed E-state index contributed by atoms with van der Waals surface area (Å²) in [5.41, 5.74) is 1.21. The number of nitrogens with zero attached hydrogens (tertiary/aromatic N) is 2. The number of nitriles is 1. The van der Waals surface area contributed by atoms with E-state index >= 15 is 0 Å². The summed E-state index contributed by atoms with van der Waals surface area (Å²) < 4.78 is 15.4. The van der Waals surface area contributed by atoms with Gasteiger partial charge in [0, 0.05) is 23.4 Å². The molecule has 0 spiro atoms. The van der Waals surface area contributed by atoms with Crippen molar-refractivity contribution in [1.82, 2.24) is 0 Å². The lowest BCUT2D eigenvalue weighted by Gasteiger charge is -2.19. The van der Waals surface area contributed by atoms with Crippen molar-refractivity contribution in [2.45, 2.75) is 0 Å². The summed E-state index contributed by atoms with van der Waals surface area (Å²) in [5.74, 6) is -0.0165. The van der Waals surface area contributed by atoms with Gasteiger partial charge in [-0.1, -0.05) is 18.2 Å². The standard InChI is InChI=1S/C21H20N2O5/c1-26-18-10-8-16(19(14-18)27-2)9-11-21(25)28-15-20(24)23(13-12-22)17-6-4-3-5-7-17/h3-11,14H,13,15H2,1-2H3/b11-9+. The van der Waals surface area contributed by atoms with Crippen LogP contribution in [0, 0.1) is 11.3 Å². The zero-order valence-electron chi connectivity index (χ0n) is 15.6. The van der Waals surface area contributed by atoms with E-state index < -0.39 is 18.5 Å². The number of ether oxygens (including phenoxy) is 3. The van der Waals surface area contributed by atoms with Crippen LogP contribution in [-0.2, 0) is 14.3 Å². The molecule has 144 valence electrons. The lowest BCUT2D eigenvalue weighted by atomic mass is 10.2. The molecule has 0 aliphatic carbocycles. The zero-order valence-corrected chi connectivity index (χ0v) is 15.6. The minimum Gasteiger partial charge on any atom is -0.497 e. The number of methoxy groups -OCH3 is 2. The number of amides is 1. The summed E-state index contributed by atoms with van der Waals surface area (Å²) in [7, 11) is 3.06. The highest BCUT2D eigenvalue weighted by atomic mass is 16.5. The predicted octanol–water partition coefficient (Wildman–Crippen LogP) is 2.82. The average Bonchev–Trinajstić information content (AvgIpc) is 2.74. The smallest absolute Gasteiger partial charge is 0.331 e. The Morgan fingerprint density at radius 1 is 1.11 bits per heavy atom. The third kappa shape index (κ3) is 5.61. The Morgan fingerprint density at radius 3 is 2.50 bits per heavy atom. The molecule has 0 N–H and O–H groups in total. The number of hydrogen-bond acceptors (Lipinski definition) is 6. The Balaban J connectivity index is 1.98. The monoisotopic (exact) mass is 380 g/mol. The van der Waals surface area contributed by atoms with Gasteiger partial charge in [-0.3, -0.25) is 9.69 Å². The molecular formula is C21H20N2O5. The molecule has 0 aliphatic rings. The molecule has 0 saturated heterocycles. The third-order valence-electron chi connectivity index (χ3n) is 3.78. The normalized spacial score (nSPS) is 10.2. The minimum absolute atomic E-state index is 0.140. The highest BCUT2D eigenvalue weighted by Gasteiger charge is 2.16. The molecule has 7 nitrogen and oxygen atoms in total. The maximum atomic E-state index is 12.3. The number of para-hydroxylation sites is 1. The quantitative estimate of drug-likeness (QED) is 0.397. The van der Waals surface area contributed by atoms with E-state index in [2.05, 4.69) is 0 Å². The van der Waals surface area contributed by atoms with Crippen LogP contribution >= 0.6 is 0 Å². The van der Waals surface area contributed by atoms with E-state index in [1.807, 2.05) is 6.07 Å². The Morgan fingerprint density at radius 2 is 1.86 bits per heavy atom. The highest BCUT2D eigenvalue weighted by molar-refractivity contribution is 5.96. The zero-order chi connectivity index (χ0) is 20.4. The van der Waals surface area contributed by atoms with Gasteiger partial charge in [-0.15, -0.1) is 0 Å². The molecule has 0 atom stereocenters. The minimum atomic E-state index is -0.684. The lowest BCUT2D eigenvalue weighted by Crippen LogP contribution is -2.34. The molecule has 28 heavy (non-hydrogen) atoms. The molecular weight excluding hydrogens is 360 g/mol. The summed E-state index contributed by atoms with van der Waals surface area (Å²) in [6.07, 6.45) is 2.73. The molecule has 0 saturated carbocycles. The number of benzene rings is 2. The second-order valence-electron chi connectivity index (χ2n) is 5.52. The highest BCUT2D eigenvalue weighted by Crippen LogP contribution is 2.25. The molecule has 0 heterocycles. The van der Waals surface area contributed by atoms with Crippen molar-refractivity contribution in [3.63, 3.8) is 0 Å². The van der Waals surface area contributed by atoms with E-state index in [1.165, 1.54) is 24.2 Å². The topological polar surface area (TPSA) is 88.9 Å². The van der Waals surface area contributed by atoms with Gasteiger partial charge in [-0.2, -0.15) is 5.26 Å². The van der Waals surface area contributed by atoms with Gasteiger partial charge >= 0.3 is 5.97 Å². The first-order chi connectivity index (χ1) is 13.6. The molecule has 1 amide bonds. The fourth-order valence-electron chi connectivity index (χ4n) is 2.37. The van der Waals surface area contributed by atoms with Crippen LogP contribution < -0.4 is 14.4 Å². The largest absolute Gasteiger partial charge is 0.497 e. The summed E-state index contributed by atoms with van der Waals surface area (Å²) >= 11 is 0. The predicted molar refractivity (Wildman–Crippen MR) is 104 cm³/mol. The molecule has 0 radical (unpaired) electrons. The van der Waals surface area contributed by atoms with Crippen LogP contribution in [0.25, 0.3) is 6.08 Å². The maximum Gasteiger partial charge on any atom is 0.331 e. The van der Waals surface area contributed by atoms with Gasteiger partial charge in [-0.25, -0.2) is 4.79 Å². The van der Waals surface area contributed by atoms with Gasteiger partial charge < -0.3 is 14.2 Å². The first-order valence-corrected chi connectivity index (χ1v) is 8.38. The van der Waals surface area contributed by atoms with Gasteiger partial charge in [0.15, 0.2) is 6.61 Å². The van der Waals surface area contributed by atoms with Gasteiger partial charge in [0.05, 0.1) is 20.3 Å². The van der Waals surface area contributed by atoms with Crippen molar-refractivity contribution in [2.24, 2.45) is 0 Å².